The van der Waals surface area contributed by atoms with Crippen LogP contribution in [0.3, 0.4) is 0 Å². The molecule has 0 amide bonds. The zero-order valence-electron chi connectivity index (χ0n) is 13.1. The van der Waals surface area contributed by atoms with Crippen molar-refractivity contribution >= 4 is 9.84 Å². The van der Waals surface area contributed by atoms with Crippen molar-refractivity contribution in [2.24, 2.45) is 7.05 Å². The van der Waals surface area contributed by atoms with E-state index in [0.29, 0.717) is 29.1 Å². The average Bonchev–Trinajstić information content (AvgIpc) is 2.44. The van der Waals surface area contributed by atoms with Crippen LogP contribution in [0.1, 0.15) is 18.2 Å². The maximum absolute atomic E-state index is 12.0. The van der Waals surface area contributed by atoms with E-state index < -0.39 is 15.1 Å². The number of sulfone groups is 1. The Morgan fingerprint density at radius 1 is 1.32 bits per heavy atom. The van der Waals surface area contributed by atoms with Crippen molar-refractivity contribution in [2.45, 2.75) is 25.5 Å². The van der Waals surface area contributed by atoms with E-state index in [1.54, 1.807) is 45.4 Å². The summed E-state index contributed by atoms with van der Waals surface area (Å²) in [5.41, 5.74) is 1.77. The molecule has 118 valence electrons. The molecule has 0 aromatic carbocycles. The number of rotatable bonds is 4. The first-order valence-corrected chi connectivity index (χ1v) is 8.83. The molecule has 2 aromatic rings. The van der Waals surface area contributed by atoms with Gasteiger partial charge in [-0.15, -0.1) is 0 Å². The van der Waals surface area contributed by atoms with Crippen molar-refractivity contribution in [1.82, 2.24) is 14.5 Å². The number of hydrogen-bond acceptors (Lipinski definition) is 5. The van der Waals surface area contributed by atoms with Gasteiger partial charge in [-0.3, -0.25) is 4.79 Å². The molecule has 0 bridgehead atoms. The molecule has 2 aromatic heterocycles. The molecule has 0 fully saturated rings. The summed E-state index contributed by atoms with van der Waals surface area (Å²) in [7, 11) is -1.43. The normalized spacial score (nSPS) is 13.1. The van der Waals surface area contributed by atoms with Gasteiger partial charge in [-0.2, -0.15) is 0 Å². The zero-order valence-corrected chi connectivity index (χ0v) is 13.9. The third kappa shape index (κ3) is 3.41. The second kappa shape index (κ2) is 6.00. The number of hydrogen-bond donors (Lipinski definition) is 0. The van der Waals surface area contributed by atoms with E-state index >= 15 is 0 Å². The SMILES string of the molecule is Cc1c(-c2nccc(CC(C)S(C)(=O)=O)n2)ccn(C)c1=O. The van der Waals surface area contributed by atoms with Crippen LogP contribution in [0.25, 0.3) is 11.4 Å². The van der Waals surface area contributed by atoms with Crippen LogP contribution in [0.4, 0.5) is 0 Å². The van der Waals surface area contributed by atoms with Crippen LogP contribution < -0.4 is 5.56 Å². The molecular weight excluding hydrogens is 302 g/mol. The van der Waals surface area contributed by atoms with Crippen molar-refractivity contribution in [3.8, 4) is 11.4 Å². The third-order valence-electron chi connectivity index (χ3n) is 3.69. The lowest BCUT2D eigenvalue weighted by Gasteiger charge is -2.10. The fourth-order valence-corrected chi connectivity index (χ4v) is 2.56. The highest BCUT2D eigenvalue weighted by Crippen LogP contribution is 2.17. The lowest BCUT2D eigenvalue weighted by molar-refractivity contribution is 0.588. The van der Waals surface area contributed by atoms with Gasteiger partial charge in [-0.1, -0.05) is 0 Å². The number of pyridine rings is 1. The van der Waals surface area contributed by atoms with Crippen molar-refractivity contribution in [3.05, 3.63) is 46.1 Å². The summed E-state index contributed by atoms with van der Waals surface area (Å²) in [6.07, 6.45) is 4.78. The average molecular weight is 321 g/mol. The summed E-state index contributed by atoms with van der Waals surface area (Å²) >= 11 is 0. The molecule has 1 unspecified atom stereocenters. The molecule has 0 saturated carbocycles. The molecule has 2 rings (SSSR count). The van der Waals surface area contributed by atoms with Crippen LogP contribution in [0.15, 0.2) is 29.3 Å². The summed E-state index contributed by atoms with van der Waals surface area (Å²) < 4.78 is 24.6. The van der Waals surface area contributed by atoms with Crippen molar-refractivity contribution in [3.63, 3.8) is 0 Å². The summed E-state index contributed by atoms with van der Waals surface area (Å²) in [6, 6.07) is 3.48. The van der Waals surface area contributed by atoms with E-state index in [4.69, 9.17) is 0 Å². The van der Waals surface area contributed by atoms with Gasteiger partial charge in [0, 0.05) is 48.9 Å². The topological polar surface area (TPSA) is 81.9 Å². The fourth-order valence-electron chi connectivity index (χ4n) is 2.09. The Labute approximate surface area is 129 Å². The van der Waals surface area contributed by atoms with E-state index in [1.807, 2.05) is 0 Å². The number of aromatic nitrogens is 3. The van der Waals surface area contributed by atoms with Crippen LogP contribution in [0, 0.1) is 6.92 Å². The van der Waals surface area contributed by atoms with Gasteiger partial charge in [-0.25, -0.2) is 18.4 Å². The molecule has 7 heteroatoms. The van der Waals surface area contributed by atoms with E-state index in [2.05, 4.69) is 9.97 Å². The Kier molecular flexibility index (Phi) is 4.46. The number of aryl methyl sites for hydroxylation is 1. The van der Waals surface area contributed by atoms with Gasteiger partial charge < -0.3 is 4.57 Å². The minimum absolute atomic E-state index is 0.101. The first-order valence-electron chi connectivity index (χ1n) is 6.87. The summed E-state index contributed by atoms with van der Waals surface area (Å²) in [4.78, 5) is 20.6. The van der Waals surface area contributed by atoms with Gasteiger partial charge in [0.1, 0.15) is 9.84 Å². The van der Waals surface area contributed by atoms with E-state index in [0.717, 1.165) is 0 Å². The molecule has 0 saturated heterocycles. The number of nitrogens with zero attached hydrogens (tertiary/aromatic N) is 3. The molecule has 0 aliphatic rings. The Morgan fingerprint density at radius 3 is 2.64 bits per heavy atom. The maximum atomic E-state index is 12.0. The van der Waals surface area contributed by atoms with Gasteiger partial charge in [0.15, 0.2) is 5.82 Å². The third-order valence-corrected chi connectivity index (χ3v) is 5.32. The Hall–Kier alpha value is -2.02. The summed E-state index contributed by atoms with van der Waals surface area (Å²) in [6.45, 7) is 3.38. The highest BCUT2D eigenvalue weighted by Gasteiger charge is 2.17. The second-order valence-corrected chi connectivity index (χ2v) is 7.95. The van der Waals surface area contributed by atoms with Crippen molar-refractivity contribution in [2.75, 3.05) is 6.26 Å². The van der Waals surface area contributed by atoms with Gasteiger partial charge in [0.25, 0.3) is 5.56 Å². The van der Waals surface area contributed by atoms with Crippen LogP contribution in [0.2, 0.25) is 0 Å². The Morgan fingerprint density at radius 2 is 2.00 bits per heavy atom. The molecular formula is C15H19N3O3S. The van der Waals surface area contributed by atoms with Crippen LogP contribution in [0.5, 0.6) is 0 Å². The first-order chi connectivity index (χ1) is 10.2. The van der Waals surface area contributed by atoms with Crippen LogP contribution in [-0.4, -0.2) is 34.5 Å². The van der Waals surface area contributed by atoms with Crippen molar-refractivity contribution in [1.29, 1.82) is 0 Å². The van der Waals surface area contributed by atoms with E-state index in [1.165, 1.54) is 10.8 Å². The molecule has 0 aliphatic carbocycles. The maximum Gasteiger partial charge on any atom is 0.253 e. The van der Waals surface area contributed by atoms with E-state index in [-0.39, 0.29) is 5.56 Å². The minimum Gasteiger partial charge on any atom is -0.318 e. The largest absolute Gasteiger partial charge is 0.318 e. The highest BCUT2D eigenvalue weighted by atomic mass is 32.2. The zero-order chi connectivity index (χ0) is 16.5. The minimum atomic E-state index is -3.11. The predicted octanol–water partition coefficient (Wildman–Crippen LogP) is 1.13. The molecule has 22 heavy (non-hydrogen) atoms. The summed E-state index contributed by atoms with van der Waals surface area (Å²) in [5.74, 6) is 0.438. The molecule has 0 spiro atoms. The van der Waals surface area contributed by atoms with Crippen molar-refractivity contribution < 1.29 is 8.42 Å². The summed E-state index contributed by atoms with van der Waals surface area (Å²) in [5, 5.41) is -0.514. The molecule has 6 nitrogen and oxygen atoms in total. The highest BCUT2D eigenvalue weighted by molar-refractivity contribution is 7.91. The quantitative estimate of drug-likeness (QED) is 0.843. The van der Waals surface area contributed by atoms with Gasteiger partial charge in [0.2, 0.25) is 0 Å². The standard InChI is InChI=1S/C15H19N3O3S/c1-10(22(4,20)21)9-12-5-7-16-14(17-12)13-6-8-18(3)15(19)11(13)2/h5-8,10H,9H2,1-4H3. The molecule has 0 N–H and O–H groups in total. The molecule has 0 radical (unpaired) electrons. The molecule has 2 heterocycles. The molecule has 1 atom stereocenters. The fraction of sp³-hybridized carbons (Fsp3) is 0.400. The van der Waals surface area contributed by atoms with Gasteiger partial charge in [-0.05, 0) is 26.0 Å². The lowest BCUT2D eigenvalue weighted by Crippen LogP contribution is -2.20. The first kappa shape index (κ1) is 16.4. The lowest BCUT2D eigenvalue weighted by atomic mass is 10.1. The van der Waals surface area contributed by atoms with Crippen LogP contribution >= 0.6 is 0 Å². The van der Waals surface area contributed by atoms with E-state index in [9.17, 15) is 13.2 Å². The van der Waals surface area contributed by atoms with Gasteiger partial charge in [0.05, 0.1) is 5.25 Å². The molecule has 0 aliphatic heterocycles. The monoisotopic (exact) mass is 321 g/mol. The smallest absolute Gasteiger partial charge is 0.253 e. The van der Waals surface area contributed by atoms with Gasteiger partial charge >= 0.3 is 0 Å². The predicted molar refractivity (Wildman–Crippen MR) is 85.5 cm³/mol. The Bertz CT molecular complexity index is 857. The van der Waals surface area contributed by atoms with Crippen LogP contribution in [-0.2, 0) is 23.3 Å². The Balaban J connectivity index is 2.41. The second-order valence-electron chi connectivity index (χ2n) is 5.49.